The summed E-state index contributed by atoms with van der Waals surface area (Å²) in [6.45, 7) is 2.75. The second-order valence-corrected chi connectivity index (χ2v) is 6.93. The zero-order chi connectivity index (χ0) is 20.4. The van der Waals surface area contributed by atoms with Gasteiger partial charge in [0.2, 0.25) is 11.8 Å². The lowest BCUT2D eigenvalue weighted by molar-refractivity contribution is -0.138. The van der Waals surface area contributed by atoms with E-state index in [1.807, 2.05) is 0 Å². The molecule has 4 rings (SSSR count). The molecule has 150 valence electrons. The summed E-state index contributed by atoms with van der Waals surface area (Å²) in [6.07, 6.45) is -0.454. The minimum atomic E-state index is -0.504. The van der Waals surface area contributed by atoms with Crippen LogP contribution in [0.5, 0.6) is 0 Å². The lowest BCUT2D eigenvalue weighted by Crippen LogP contribution is -2.43. The smallest absolute Gasteiger partial charge is 0.228 e. The Balaban J connectivity index is 1.47. The standard InChI is InChI=1S/C22H20F2N2O3/c1-14-19(25-22(29-14)15-5-4-6-16(23)11-15)12-21(27)26-9-10-28-20(13-26)17-7-2-3-8-18(17)24/h2-8,11,20H,9-10,12-13H2,1H3. The van der Waals surface area contributed by atoms with E-state index in [0.29, 0.717) is 35.7 Å². The van der Waals surface area contributed by atoms with Crippen LogP contribution in [0.15, 0.2) is 52.9 Å². The molecule has 1 atom stereocenters. The average Bonchev–Trinajstić information content (AvgIpc) is 3.09. The number of hydrogen-bond donors (Lipinski definition) is 0. The van der Waals surface area contributed by atoms with Crippen molar-refractivity contribution in [3.63, 3.8) is 0 Å². The van der Waals surface area contributed by atoms with E-state index in [-0.39, 0.29) is 36.4 Å². The Hall–Kier alpha value is -3.06. The summed E-state index contributed by atoms with van der Waals surface area (Å²) >= 11 is 0. The van der Waals surface area contributed by atoms with E-state index in [9.17, 15) is 13.6 Å². The maximum absolute atomic E-state index is 14.1. The molecule has 1 aromatic heterocycles. The highest BCUT2D eigenvalue weighted by Gasteiger charge is 2.28. The summed E-state index contributed by atoms with van der Waals surface area (Å²) in [7, 11) is 0. The van der Waals surface area contributed by atoms with Gasteiger partial charge in [-0.25, -0.2) is 13.8 Å². The van der Waals surface area contributed by atoms with Gasteiger partial charge in [0.1, 0.15) is 23.5 Å². The predicted molar refractivity (Wildman–Crippen MR) is 102 cm³/mol. The van der Waals surface area contributed by atoms with Crippen LogP contribution in [0.3, 0.4) is 0 Å². The number of ether oxygens (including phenoxy) is 1. The number of carbonyl (C=O) groups excluding carboxylic acids is 1. The maximum Gasteiger partial charge on any atom is 0.228 e. The molecule has 2 aromatic carbocycles. The number of amides is 1. The van der Waals surface area contributed by atoms with Crippen LogP contribution in [-0.2, 0) is 16.0 Å². The van der Waals surface area contributed by atoms with E-state index in [1.54, 1.807) is 42.2 Å². The Morgan fingerprint density at radius 3 is 2.83 bits per heavy atom. The largest absolute Gasteiger partial charge is 0.441 e. The second-order valence-electron chi connectivity index (χ2n) is 6.93. The fraction of sp³-hybridized carbons (Fsp3) is 0.273. The normalized spacial score (nSPS) is 16.8. The summed E-state index contributed by atoms with van der Waals surface area (Å²) in [5.41, 5.74) is 1.46. The Morgan fingerprint density at radius 2 is 2.03 bits per heavy atom. The third-order valence-corrected chi connectivity index (χ3v) is 4.95. The third-order valence-electron chi connectivity index (χ3n) is 4.95. The van der Waals surface area contributed by atoms with Gasteiger partial charge in [-0.1, -0.05) is 24.3 Å². The molecule has 1 amide bonds. The summed E-state index contributed by atoms with van der Waals surface area (Å²) in [5, 5.41) is 0. The molecular formula is C22H20F2N2O3. The van der Waals surface area contributed by atoms with E-state index < -0.39 is 6.10 Å². The lowest BCUT2D eigenvalue weighted by Gasteiger charge is -2.33. The van der Waals surface area contributed by atoms with Crippen molar-refractivity contribution < 1.29 is 22.7 Å². The van der Waals surface area contributed by atoms with Crippen LogP contribution in [-0.4, -0.2) is 35.5 Å². The Bertz CT molecular complexity index is 1030. The average molecular weight is 398 g/mol. The number of nitrogens with zero attached hydrogens (tertiary/aromatic N) is 2. The molecule has 1 aliphatic heterocycles. The van der Waals surface area contributed by atoms with Crippen LogP contribution >= 0.6 is 0 Å². The van der Waals surface area contributed by atoms with Crippen molar-refractivity contribution in [2.75, 3.05) is 19.7 Å². The van der Waals surface area contributed by atoms with E-state index in [1.165, 1.54) is 18.2 Å². The second kappa shape index (κ2) is 8.13. The number of oxazole rings is 1. The van der Waals surface area contributed by atoms with Crippen molar-refractivity contribution in [2.24, 2.45) is 0 Å². The summed E-state index contributed by atoms with van der Waals surface area (Å²) in [5.74, 6) is -0.0910. The first-order valence-electron chi connectivity index (χ1n) is 9.37. The zero-order valence-electron chi connectivity index (χ0n) is 15.9. The topological polar surface area (TPSA) is 55.6 Å². The van der Waals surface area contributed by atoms with Crippen LogP contribution in [0.4, 0.5) is 8.78 Å². The van der Waals surface area contributed by atoms with Gasteiger partial charge in [-0.05, 0) is 31.2 Å². The number of benzene rings is 2. The van der Waals surface area contributed by atoms with Crippen molar-refractivity contribution in [1.82, 2.24) is 9.88 Å². The fourth-order valence-corrected chi connectivity index (χ4v) is 3.39. The maximum atomic E-state index is 14.1. The minimum absolute atomic E-state index is 0.0502. The molecule has 7 heteroatoms. The number of hydrogen-bond acceptors (Lipinski definition) is 4. The van der Waals surface area contributed by atoms with Gasteiger partial charge < -0.3 is 14.1 Å². The van der Waals surface area contributed by atoms with Gasteiger partial charge in [0, 0.05) is 17.7 Å². The van der Waals surface area contributed by atoms with Crippen molar-refractivity contribution in [2.45, 2.75) is 19.4 Å². The summed E-state index contributed by atoms with van der Waals surface area (Å²) in [6, 6.07) is 12.4. The van der Waals surface area contributed by atoms with Gasteiger partial charge in [0.25, 0.3) is 0 Å². The quantitative estimate of drug-likeness (QED) is 0.665. The highest BCUT2D eigenvalue weighted by molar-refractivity contribution is 5.79. The highest BCUT2D eigenvalue weighted by atomic mass is 19.1. The summed E-state index contributed by atoms with van der Waals surface area (Å²) in [4.78, 5) is 18.8. The lowest BCUT2D eigenvalue weighted by atomic mass is 10.1. The van der Waals surface area contributed by atoms with Crippen LogP contribution in [0.25, 0.3) is 11.5 Å². The number of aryl methyl sites for hydroxylation is 1. The molecule has 29 heavy (non-hydrogen) atoms. The molecule has 5 nitrogen and oxygen atoms in total. The number of aromatic nitrogens is 1. The molecule has 1 aliphatic rings. The predicted octanol–water partition coefficient (Wildman–Crippen LogP) is 4.07. The molecule has 1 unspecified atom stereocenters. The molecule has 1 saturated heterocycles. The molecule has 0 N–H and O–H groups in total. The Labute approximate surface area is 166 Å². The first-order valence-corrected chi connectivity index (χ1v) is 9.37. The fourth-order valence-electron chi connectivity index (χ4n) is 3.39. The first kappa shape index (κ1) is 19.3. The molecular weight excluding hydrogens is 378 g/mol. The van der Waals surface area contributed by atoms with Crippen LogP contribution < -0.4 is 0 Å². The molecule has 0 aliphatic carbocycles. The van der Waals surface area contributed by atoms with Gasteiger partial charge in [0.05, 0.1) is 25.3 Å². The monoisotopic (exact) mass is 398 g/mol. The molecule has 1 fully saturated rings. The Kier molecular flexibility index (Phi) is 5.40. The van der Waals surface area contributed by atoms with Crippen molar-refractivity contribution >= 4 is 5.91 Å². The van der Waals surface area contributed by atoms with Crippen LogP contribution in [0, 0.1) is 18.6 Å². The van der Waals surface area contributed by atoms with E-state index >= 15 is 0 Å². The highest BCUT2D eigenvalue weighted by Crippen LogP contribution is 2.26. The molecule has 2 heterocycles. The van der Waals surface area contributed by atoms with Gasteiger partial charge in [-0.15, -0.1) is 0 Å². The minimum Gasteiger partial charge on any atom is -0.441 e. The van der Waals surface area contributed by atoms with Crippen molar-refractivity contribution in [3.8, 4) is 11.5 Å². The SMILES string of the molecule is Cc1oc(-c2cccc(F)c2)nc1CC(=O)N1CCOC(c2ccccc2F)C1. The third kappa shape index (κ3) is 4.19. The van der Waals surface area contributed by atoms with E-state index in [4.69, 9.17) is 9.15 Å². The van der Waals surface area contributed by atoms with Crippen LogP contribution in [0.1, 0.15) is 23.1 Å². The number of carbonyl (C=O) groups is 1. The number of halogens is 2. The molecule has 3 aromatic rings. The zero-order valence-corrected chi connectivity index (χ0v) is 15.9. The Morgan fingerprint density at radius 1 is 1.21 bits per heavy atom. The van der Waals surface area contributed by atoms with Gasteiger partial charge in [-0.2, -0.15) is 0 Å². The van der Waals surface area contributed by atoms with Gasteiger partial charge in [-0.3, -0.25) is 4.79 Å². The molecule has 0 radical (unpaired) electrons. The summed E-state index contributed by atoms with van der Waals surface area (Å²) < 4.78 is 38.8. The van der Waals surface area contributed by atoms with Gasteiger partial charge >= 0.3 is 0 Å². The first-order chi connectivity index (χ1) is 14.0. The number of rotatable bonds is 4. The van der Waals surface area contributed by atoms with Gasteiger partial charge in [0.15, 0.2) is 0 Å². The van der Waals surface area contributed by atoms with Crippen molar-refractivity contribution in [1.29, 1.82) is 0 Å². The molecule has 0 bridgehead atoms. The number of morpholine rings is 1. The molecule has 0 saturated carbocycles. The molecule has 0 spiro atoms. The van der Waals surface area contributed by atoms with Crippen molar-refractivity contribution in [3.05, 3.63) is 77.2 Å². The van der Waals surface area contributed by atoms with E-state index in [2.05, 4.69) is 4.98 Å². The van der Waals surface area contributed by atoms with Crippen LogP contribution in [0.2, 0.25) is 0 Å². The van der Waals surface area contributed by atoms with E-state index in [0.717, 1.165) is 0 Å².